The van der Waals surface area contributed by atoms with Crippen LogP contribution in [0.15, 0.2) is 24.3 Å². The van der Waals surface area contributed by atoms with Crippen LogP contribution in [0.4, 0.5) is 5.69 Å². The number of hydrogen-bond donors (Lipinski definition) is 2. The van der Waals surface area contributed by atoms with Crippen molar-refractivity contribution in [3.8, 4) is 0 Å². The summed E-state index contributed by atoms with van der Waals surface area (Å²) in [5.74, 6) is 0.101. The standard InChI is InChI=1S/C15H22N2O2/c1-3-19-11(2)10-17-14(18)15(8-9-15)12-4-6-13(16)7-5-12/h4-7,11H,3,8-10,16H2,1-2H3,(H,17,18). The van der Waals surface area contributed by atoms with Gasteiger partial charge in [0.2, 0.25) is 5.91 Å². The maximum absolute atomic E-state index is 12.3. The molecule has 4 heteroatoms. The topological polar surface area (TPSA) is 64.3 Å². The highest BCUT2D eigenvalue weighted by atomic mass is 16.5. The smallest absolute Gasteiger partial charge is 0.230 e. The van der Waals surface area contributed by atoms with Gasteiger partial charge in [-0.05, 0) is 44.4 Å². The molecule has 1 atom stereocenters. The Morgan fingerprint density at radius 3 is 2.58 bits per heavy atom. The summed E-state index contributed by atoms with van der Waals surface area (Å²) in [5.41, 5.74) is 7.13. The lowest BCUT2D eigenvalue weighted by Crippen LogP contribution is -2.39. The van der Waals surface area contributed by atoms with Crippen LogP contribution in [-0.4, -0.2) is 25.2 Å². The maximum atomic E-state index is 12.3. The third-order valence-electron chi connectivity index (χ3n) is 3.65. The molecule has 0 bridgehead atoms. The number of carbonyl (C=O) groups excluding carboxylic acids is 1. The van der Waals surface area contributed by atoms with Crippen molar-refractivity contribution in [2.75, 3.05) is 18.9 Å². The van der Waals surface area contributed by atoms with E-state index in [2.05, 4.69) is 5.32 Å². The molecule has 2 rings (SSSR count). The van der Waals surface area contributed by atoms with Gasteiger partial charge in [0.1, 0.15) is 0 Å². The monoisotopic (exact) mass is 262 g/mol. The van der Waals surface area contributed by atoms with Crippen LogP contribution in [0.25, 0.3) is 0 Å². The third-order valence-corrected chi connectivity index (χ3v) is 3.65. The molecule has 0 radical (unpaired) electrons. The molecular formula is C15H22N2O2. The Morgan fingerprint density at radius 1 is 1.42 bits per heavy atom. The van der Waals surface area contributed by atoms with Crippen LogP contribution in [0, 0.1) is 0 Å². The Labute approximate surface area is 114 Å². The van der Waals surface area contributed by atoms with Crippen molar-refractivity contribution in [2.45, 2.75) is 38.2 Å². The van der Waals surface area contributed by atoms with Gasteiger partial charge in [-0.25, -0.2) is 0 Å². The molecule has 0 aliphatic heterocycles. The summed E-state index contributed by atoms with van der Waals surface area (Å²) in [7, 11) is 0. The Bertz CT molecular complexity index is 438. The lowest BCUT2D eigenvalue weighted by molar-refractivity contribution is -0.124. The van der Waals surface area contributed by atoms with E-state index in [1.54, 1.807) is 0 Å². The highest BCUT2D eigenvalue weighted by Gasteiger charge is 2.51. The summed E-state index contributed by atoms with van der Waals surface area (Å²) in [6.07, 6.45) is 1.87. The largest absolute Gasteiger partial charge is 0.399 e. The fraction of sp³-hybridized carbons (Fsp3) is 0.533. The first-order chi connectivity index (χ1) is 9.08. The number of rotatable bonds is 6. The van der Waals surface area contributed by atoms with Crippen LogP contribution in [0.3, 0.4) is 0 Å². The third kappa shape index (κ3) is 3.07. The second-order valence-corrected chi connectivity index (χ2v) is 5.18. The van der Waals surface area contributed by atoms with Gasteiger partial charge in [0.25, 0.3) is 0 Å². The molecule has 0 heterocycles. The first-order valence-electron chi connectivity index (χ1n) is 6.84. The fourth-order valence-corrected chi connectivity index (χ4v) is 2.32. The first-order valence-corrected chi connectivity index (χ1v) is 6.84. The van der Waals surface area contributed by atoms with E-state index < -0.39 is 0 Å². The van der Waals surface area contributed by atoms with Crippen molar-refractivity contribution in [2.24, 2.45) is 0 Å². The first kappa shape index (κ1) is 13.9. The molecular weight excluding hydrogens is 240 g/mol. The number of ether oxygens (including phenoxy) is 1. The number of nitrogens with one attached hydrogen (secondary N) is 1. The van der Waals surface area contributed by atoms with E-state index in [-0.39, 0.29) is 17.4 Å². The van der Waals surface area contributed by atoms with Gasteiger partial charge < -0.3 is 15.8 Å². The molecule has 3 N–H and O–H groups in total. The molecule has 1 fully saturated rings. The van der Waals surface area contributed by atoms with Crippen molar-refractivity contribution in [1.29, 1.82) is 0 Å². The molecule has 1 aliphatic carbocycles. The molecule has 1 aromatic rings. The predicted octanol–water partition coefficient (Wildman–Crippen LogP) is 1.84. The summed E-state index contributed by atoms with van der Waals surface area (Å²) in [6.45, 7) is 5.14. The van der Waals surface area contributed by atoms with Gasteiger partial charge in [0.15, 0.2) is 0 Å². The molecule has 1 unspecified atom stereocenters. The molecule has 0 saturated heterocycles. The zero-order valence-electron chi connectivity index (χ0n) is 11.6. The van der Waals surface area contributed by atoms with Gasteiger partial charge in [-0.3, -0.25) is 4.79 Å². The predicted molar refractivity (Wildman–Crippen MR) is 75.9 cm³/mol. The van der Waals surface area contributed by atoms with Crippen molar-refractivity contribution < 1.29 is 9.53 Å². The number of benzene rings is 1. The molecule has 1 amide bonds. The summed E-state index contributed by atoms with van der Waals surface area (Å²) in [6, 6.07) is 7.61. The fourth-order valence-electron chi connectivity index (χ4n) is 2.32. The minimum absolute atomic E-state index is 0.0520. The van der Waals surface area contributed by atoms with E-state index in [4.69, 9.17) is 10.5 Å². The number of amides is 1. The summed E-state index contributed by atoms with van der Waals surface area (Å²) in [4.78, 5) is 12.3. The van der Waals surface area contributed by atoms with Crippen molar-refractivity contribution in [3.63, 3.8) is 0 Å². The summed E-state index contributed by atoms with van der Waals surface area (Å²) in [5, 5.41) is 2.99. The number of carbonyl (C=O) groups is 1. The van der Waals surface area contributed by atoms with E-state index in [1.165, 1.54) is 0 Å². The van der Waals surface area contributed by atoms with Crippen LogP contribution in [0.5, 0.6) is 0 Å². The SMILES string of the molecule is CCOC(C)CNC(=O)C1(c2ccc(N)cc2)CC1. The van der Waals surface area contributed by atoms with E-state index in [0.29, 0.717) is 13.2 Å². The number of anilines is 1. The second-order valence-electron chi connectivity index (χ2n) is 5.18. The summed E-state index contributed by atoms with van der Waals surface area (Å²) < 4.78 is 5.42. The van der Waals surface area contributed by atoms with Crippen molar-refractivity contribution >= 4 is 11.6 Å². The second kappa shape index (κ2) is 5.61. The quantitative estimate of drug-likeness (QED) is 0.769. The van der Waals surface area contributed by atoms with Gasteiger partial charge in [0, 0.05) is 18.8 Å². The lowest BCUT2D eigenvalue weighted by Gasteiger charge is -2.18. The van der Waals surface area contributed by atoms with Crippen LogP contribution in [-0.2, 0) is 14.9 Å². The Balaban J connectivity index is 1.96. The Morgan fingerprint density at radius 2 is 2.05 bits per heavy atom. The van der Waals surface area contributed by atoms with Gasteiger partial charge in [-0.15, -0.1) is 0 Å². The normalized spacial score (nSPS) is 17.8. The molecule has 4 nitrogen and oxygen atoms in total. The Hall–Kier alpha value is -1.55. The van der Waals surface area contributed by atoms with Gasteiger partial charge in [0.05, 0.1) is 11.5 Å². The molecule has 1 aliphatic rings. The average Bonchev–Trinajstić information content (AvgIpc) is 3.19. The maximum Gasteiger partial charge on any atom is 0.230 e. The molecule has 0 aromatic heterocycles. The average molecular weight is 262 g/mol. The zero-order valence-corrected chi connectivity index (χ0v) is 11.6. The molecule has 1 saturated carbocycles. The van der Waals surface area contributed by atoms with Crippen LogP contribution >= 0.6 is 0 Å². The van der Waals surface area contributed by atoms with Crippen molar-refractivity contribution in [3.05, 3.63) is 29.8 Å². The van der Waals surface area contributed by atoms with Crippen LogP contribution in [0.1, 0.15) is 32.3 Å². The minimum Gasteiger partial charge on any atom is -0.399 e. The zero-order chi connectivity index (χ0) is 13.9. The highest BCUT2D eigenvalue weighted by molar-refractivity contribution is 5.91. The number of nitrogen functional groups attached to an aromatic ring is 1. The molecule has 0 spiro atoms. The van der Waals surface area contributed by atoms with E-state index in [9.17, 15) is 4.79 Å². The van der Waals surface area contributed by atoms with E-state index in [1.807, 2.05) is 38.1 Å². The van der Waals surface area contributed by atoms with Crippen LogP contribution < -0.4 is 11.1 Å². The number of hydrogen-bond acceptors (Lipinski definition) is 3. The molecule has 104 valence electrons. The number of nitrogens with two attached hydrogens (primary N) is 1. The minimum atomic E-state index is -0.334. The lowest BCUT2D eigenvalue weighted by atomic mass is 9.94. The molecule has 19 heavy (non-hydrogen) atoms. The summed E-state index contributed by atoms with van der Waals surface area (Å²) >= 11 is 0. The molecule has 1 aromatic carbocycles. The van der Waals surface area contributed by atoms with Crippen LogP contribution in [0.2, 0.25) is 0 Å². The van der Waals surface area contributed by atoms with Gasteiger partial charge in [-0.1, -0.05) is 12.1 Å². The van der Waals surface area contributed by atoms with Gasteiger partial charge >= 0.3 is 0 Å². The van der Waals surface area contributed by atoms with E-state index in [0.717, 1.165) is 24.1 Å². The highest BCUT2D eigenvalue weighted by Crippen LogP contribution is 2.48. The van der Waals surface area contributed by atoms with Gasteiger partial charge in [-0.2, -0.15) is 0 Å². The van der Waals surface area contributed by atoms with E-state index >= 15 is 0 Å². The van der Waals surface area contributed by atoms with Crippen molar-refractivity contribution in [1.82, 2.24) is 5.32 Å². The Kier molecular flexibility index (Phi) is 4.10.